The molecule has 10 nitrogen and oxygen atoms in total. The number of carbonyl (C=O) groups excluding carboxylic acids is 4. The Balaban J connectivity index is 1.50. The van der Waals surface area contributed by atoms with Crippen LogP contribution in [0, 0.1) is 0 Å². The average molecular weight is 592 g/mol. The number of aliphatic hydroxyl groups excluding tert-OH is 1. The lowest BCUT2D eigenvalue weighted by Gasteiger charge is -2.28. The van der Waals surface area contributed by atoms with Crippen LogP contribution in [0.2, 0.25) is 0 Å². The molecule has 2 aromatic carbocycles. The molecular formula is C33H45N5O5. The highest BCUT2D eigenvalue weighted by atomic mass is 16.3. The predicted octanol–water partition coefficient (Wildman–Crippen LogP) is 2.64. The lowest BCUT2D eigenvalue weighted by Crippen LogP contribution is -2.53. The van der Waals surface area contributed by atoms with Crippen LogP contribution in [0.3, 0.4) is 0 Å². The molecule has 10 heteroatoms. The molecular weight excluding hydrogens is 546 g/mol. The fourth-order valence-corrected chi connectivity index (χ4v) is 5.71. The molecule has 1 saturated carbocycles. The fourth-order valence-electron chi connectivity index (χ4n) is 5.71. The molecule has 2 fully saturated rings. The maximum absolute atomic E-state index is 13.7. The zero-order valence-electron chi connectivity index (χ0n) is 25.5. The zero-order chi connectivity index (χ0) is 30.9. The van der Waals surface area contributed by atoms with E-state index in [0.717, 1.165) is 31.2 Å². The smallest absolute Gasteiger partial charge is 0.253 e. The zero-order valence-corrected chi connectivity index (χ0v) is 25.5. The number of nitrogens with zero attached hydrogens (tertiary/aromatic N) is 2. The molecule has 1 aliphatic carbocycles. The van der Waals surface area contributed by atoms with Crippen LogP contribution in [0.15, 0.2) is 48.5 Å². The summed E-state index contributed by atoms with van der Waals surface area (Å²) in [6.45, 7) is 2.38. The molecule has 0 bridgehead atoms. The van der Waals surface area contributed by atoms with Gasteiger partial charge in [-0.15, -0.1) is 0 Å². The molecule has 4 rings (SSSR count). The third-order valence-corrected chi connectivity index (χ3v) is 8.28. The Hall–Kier alpha value is -3.76. The number of hydrogen-bond donors (Lipinski definition) is 4. The number of carbonyl (C=O) groups is 4. The Morgan fingerprint density at radius 3 is 2.35 bits per heavy atom. The minimum atomic E-state index is -1.01. The lowest BCUT2D eigenvalue weighted by atomic mass is 9.95. The van der Waals surface area contributed by atoms with E-state index in [2.05, 4.69) is 16.0 Å². The first kappa shape index (κ1) is 32.2. The Morgan fingerprint density at radius 1 is 1.00 bits per heavy atom. The number of amides is 4. The van der Waals surface area contributed by atoms with Crippen LogP contribution in [-0.2, 0) is 16.0 Å². The van der Waals surface area contributed by atoms with Crippen molar-refractivity contribution >= 4 is 29.3 Å². The van der Waals surface area contributed by atoms with Crippen molar-refractivity contribution in [2.45, 2.75) is 82.5 Å². The van der Waals surface area contributed by atoms with Crippen molar-refractivity contribution in [2.75, 3.05) is 32.1 Å². The molecule has 1 saturated heterocycles. The molecule has 1 aliphatic heterocycles. The molecule has 43 heavy (non-hydrogen) atoms. The molecule has 0 radical (unpaired) electrons. The number of benzene rings is 2. The van der Waals surface area contributed by atoms with Gasteiger partial charge >= 0.3 is 0 Å². The number of rotatable bonds is 12. The van der Waals surface area contributed by atoms with Crippen molar-refractivity contribution in [1.29, 1.82) is 0 Å². The third-order valence-electron chi connectivity index (χ3n) is 8.28. The Morgan fingerprint density at radius 2 is 1.70 bits per heavy atom. The number of hydrogen-bond acceptors (Lipinski definition) is 6. The van der Waals surface area contributed by atoms with Gasteiger partial charge in [-0.2, -0.15) is 0 Å². The minimum absolute atomic E-state index is 0.0501. The summed E-state index contributed by atoms with van der Waals surface area (Å²) >= 11 is 0. The van der Waals surface area contributed by atoms with Crippen LogP contribution >= 0.6 is 0 Å². The summed E-state index contributed by atoms with van der Waals surface area (Å²) in [5.74, 6) is -0.905. The molecule has 4 N–H and O–H groups in total. The van der Waals surface area contributed by atoms with Gasteiger partial charge in [0.2, 0.25) is 11.8 Å². The van der Waals surface area contributed by atoms with Crippen molar-refractivity contribution in [3.63, 3.8) is 0 Å². The predicted molar refractivity (Wildman–Crippen MR) is 166 cm³/mol. The van der Waals surface area contributed by atoms with Gasteiger partial charge in [-0.05, 0) is 56.4 Å². The first-order chi connectivity index (χ1) is 20.6. The van der Waals surface area contributed by atoms with Gasteiger partial charge in [-0.1, -0.05) is 49.6 Å². The van der Waals surface area contributed by atoms with E-state index < -0.39 is 24.1 Å². The van der Waals surface area contributed by atoms with Gasteiger partial charge in [0.1, 0.15) is 0 Å². The number of anilines is 1. The molecule has 4 amide bonds. The highest BCUT2D eigenvalue weighted by molar-refractivity contribution is 6.03. The van der Waals surface area contributed by atoms with Crippen LogP contribution in [0.5, 0.6) is 0 Å². The second kappa shape index (κ2) is 15.1. The first-order valence-corrected chi connectivity index (χ1v) is 15.4. The summed E-state index contributed by atoms with van der Waals surface area (Å²) < 4.78 is 0. The molecule has 0 unspecified atom stereocenters. The Bertz CT molecular complexity index is 1280. The molecule has 2 aromatic rings. The van der Waals surface area contributed by atoms with E-state index in [4.69, 9.17) is 0 Å². The summed E-state index contributed by atoms with van der Waals surface area (Å²) in [6.07, 6.45) is 5.89. The first-order valence-electron chi connectivity index (χ1n) is 15.4. The fraction of sp³-hybridized carbons (Fsp3) is 0.515. The van der Waals surface area contributed by atoms with Crippen molar-refractivity contribution in [3.8, 4) is 0 Å². The molecule has 2 aliphatic rings. The van der Waals surface area contributed by atoms with E-state index in [9.17, 15) is 24.3 Å². The normalized spacial score (nSPS) is 17.7. The Labute approximate surface area is 254 Å². The molecule has 0 spiro atoms. The highest BCUT2D eigenvalue weighted by Gasteiger charge is 2.28. The summed E-state index contributed by atoms with van der Waals surface area (Å²) in [5, 5.41) is 20.5. The molecule has 232 valence electrons. The SMILES string of the molecule is C[C@H](NC[C@@H](O)[C@H](Cc1ccccc1)NC(=O)c1cc(C(=O)N(C)C)cc(N2CCCC2=O)c1)C(=O)NC1CCCCC1. The molecule has 1 heterocycles. The molecule has 0 aromatic heterocycles. The van der Waals surface area contributed by atoms with Gasteiger partial charge in [-0.25, -0.2) is 0 Å². The average Bonchev–Trinajstić information content (AvgIpc) is 3.45. The van der Waals surface area contributed by atoms with Gasteiger partial charge in [0.15, 0.2) is 0 Å². The number of nitrogens with one attached hydrogen (secondary N) is 3. The monoisotopic (exact) mass is 591 g/mol. The largest absolute Gasteiger partial charge is 0.390 e. The van der Waals surface area contributed by atoms with Gasteiger partial charge in [0, 0.05) is 56.5 Å². The summed E-state index contributed by atoms with van der Waals surface area (Å²) in [6, 6.07) is 13.3. The third kappa shape index (κ3) is 8.87. The van der Waals surface area contributed by atoms with Gasteiger partial charge in [0.05, 0.1) is 18.2 Å². The van der Waals surface area contributed by atoms with Crippen molar-refractivity contribution in [2.24, 2.45) is 0 Å². The summed E-state index contributed by atoms with van der Waals surface area (Å²) in [4.78, 5) is 54.8. The van der Waals surface area contributed by atoms with Crippen LogP contribution in [0.1, 0.15) is 78.1 Å². The maximum atomic E-state index is 13.7. The lowest BCUT2D eigenvalue weighted by molar-refractivity contribution is -0.123. The van der Waals surface area contributed by atoms with Crippen LogP contribution in [0.25, 0.3) is 0 Å². The van der Waals surface area contributed by atoms with Crippen molar-refractivity contribution < 1.29 is 24.3 Å². The van der Waals surface area contributed by atoms with Crippen molar-refractivity contribution in [1.82, 2.24) is 20.9 Å². The van der Waals surface area contributed by atoms with Crippen molar-refractivity contribution in [3.05, 3.63) is 65.2 Å². The van der Waals surface area contributed by atoms with E-state index in [1.807, 2.05) is 30.3 Å². The summed E-state index contributed by atoms with van der Waals surface area (Å²) in [7, 11) is 3.26. The van der Waals surface area contributed by atoms with E-state index in [1.165, 1.54) is 17.4 Å². The maximum Gasteiger partial charge on any atom is 0.253 e. The second-order valence-electron chi connectivity index (χ2n) is 11.9. The van der Waals surface area contributed by atoms with E-state index >= 15 is 0 Å². The van der Waals surface area contributed by atoms with Gasteiger partial charge in [0.25, 0.3) is 11.8 Å². The minimum Gasteiger partial charge on any atom is -0.390 e. The van der Waals surface area contributed by atoms with Crippen LogP contribution < -0.4 is 20.9 Å². The van der Waals surface area contributed by atoms with E-state index in [-0.39, 0.29) is 35.9 Å². The van der Waals surface area contributed by atoms with Gasteiger partial charge in [-0.3, -0.25) is 19.2 Å². The highest BCUT2D eigenvalue weighted by Crippen LogP contribution is 2.25. The second-order valence-corrected chi connectivity index (χ2v) is 11.9. The number of aliphatic hydroxyl groups is 1. The van der Waals surface area contributed by atoms with Gasteiger partial charge < -0.3 is 30.9 Å². The quantitative estimate of drug-likeness (QED) is 0.300. The van der Waals surface area contributed by atoms with E-state index in [0.29, 0.717) is 37.1 Å². The van der Waals surface area contributed by atoms with Crippen LogP contribution in [0.4, 0.5) is 5.69 Å². The topological polar surface area (TPSA) is 131 Å². The van der Waals surface area contributed by atoms with E-state index in [1.54, 1.807) is 38.1 Å². The molecule has 3 atom stereocenters. The van der Waals surface area contributed by atoms with Crippen LogP contribution in [-0.4, -0.2) is 85.0 Å². The Kier molecular flexibility index (Phi) is 11.3. The standard InChI is InChI=1S/C33H45N5O5/c1-22(31(41)35-26-13-8-5-9-14-26)34-21-29(39)28(17-23-11-6-4-7-12-23)36-32(42)24-18-25(33(43)37(2)3)20-27(19-24)38-16-10-15-30(38)40/h4,6-7,11-12,18-20,22,26,28-29,34,39H,5,8-10,13-17,21H2,1-3H3,(H,35,41)(H,36,42)/t22-,28-,29+/m0/s1. The summed E-state index contributed by atoms with van der Waals surface area (Å²) in [5.41, 5.74) is 1.95.